The van der Waals surface area contributed by atoms with E-state index in [1.165, 1.54) is 4.57 Å². The van der Waals surface area contributed by atoms with Crippen LogP contribution in [0.25, 0.3) is 28.2 Å². The van der Waals surface area contributed by atoms with E-state index in [9.17, 15) is 29.8 Å². The van der Waals surface area contributed by atoms with Gasteiger partial charge in [-0.3, -0.25) is 25.0 Å². The molecule has 0 aliphatic rings. The molecule has 0 bridgehead atoms. The highest BCUT2D eigenvalue weighted by Gasteiger charge is 2.26. The molecule has 2 heterocycles. The normalized spacial score (nSPS) is 10.9. The van der Waals surface area contributed by atoms with Gasteiger partial charge in [0.1, 0.15) is 5.52 Å². The maximum Gasteiger partial charge on any atom is 0.332 e. The highest BCUT2D eigenvalue weighted by molar-refractivity contribution is 6.02. The molecule has 32 heavy (non-hydrogen) atoms. The molecule has 0 saturated carbocycles. The number of carbonyl (C=O) groups excluding carboxylic acids is 1. The number of nitrogens with zero attached hydrogens (tertiary/aromatic N) is 5. The lowest BCUT2D eigenvalue weighted by atomic mass is 10.1. The number of nitro groups is 2. The van der Waals surface area contributed by atoms with Crippen molar-refractivity contribution in [1.82, 2.24) is 19.5 Å². The number of H-pyrrole nitrogens is 1. The van der Waals surface area contributed by atoms with E-state index in [2.05, 4.69) is 15.0 Å². The summed E-state index contributed by atoms with van der Waals surface area (Å²) < 4.78 is 1.17. The number of non-ortho nitro benzene ring substituents is 1. The second-order valence-corrected chi connectivity index (χ2v) is 6.78. The van der Waals surface area contributed by atoms with E-state index in [0.29, 0.717) is 5.69 Å². The van der Waals surface area contributed by atoms with Crippen LogP contribution >= 0.6 is 0 Å². The Bertz CT molecular complexity index is 1490. The minimum absolute atomic E-state index is 0.0368. The fourth-order valence-corrected chi connectivity index (χ4v) is 3.19. The van der Waals surface area contributed by atoms with Crippen molar-refractivity contribution in [2.45, 2.75) is 6.92 Å². The van der Waals surface area contributed by atoms with Crippen molar-refractivity contribution in [3.05, 3.63) is 84.4 Å². The maximum atomic E-state index is 12.6. The number of carbonyl (C=O) groups is 1. The number of nitrogens with one attached hydrogen (secondary N) is 1. The maximum absolute atomic E-state index is 12.6. The average Bonchev–Trinajstić information content (AvgIpc) is 3.08. The standard InChI is InChI=1S/C19H13N7O6/c1-9-2-4-10(5-3-9)24-18-15(22-19(24)28)14(16(20)27)21-17(23-18)12-7-6-11(25(29)30)8-13(12)26(31)32/h2-8H,1H3,(H2,20,27)(H,22,28). The average molecular weight is 435 g/mol. The van der Waals surface area contributed by atoms with E-state index in [-0.39, 0.29) is 28.2 Å². The molecule has 4 rings (SSSR count). The van der Waals surface area contributed by atoms with Crippen LogP contribution in [-0.4, -0.2) is 35.3 Å². The molecule has 1 amide bonds. The molecule has 0 spiro atoms. The fraction of sp³-hybridized carbons (Fsp3) is 0.0526. The van der Waals surface area contributed by atoms with Crippen molar-refractivity contribution in [1.29, 1.82) is 0 Å². The predicted octanol–water partition coefficient (Wildman–Crippen LogP) is 2.00. The molecule has 0 fully saturated rings. The molecule has 0 unspecified atom stereocenters. The number of aromatic amines is 1. The quantitative estimate of drug-likeness (QED) is 0.351. The molecular weight excluding hydrogens is 422 g/mol. The number of rotatable bonds is 5. The van der Waals surface area contributed by atoms with Crippen LogP contribution in [0.1, 0.15) is 16.1 Å². The zero-order valence-corrected chi connectivity index (χ0v) is 16.3. The number of nitrogens with two attached hydrogens (primary N) is 1. The van der Waals surface area contributed by atoms with E-state index in [4.69, 9.17) is 5.73 Å². The Hall–Kier alpha value is -4.94. The van der Waals surface area contributed by atoms with Crippen LogP contribution in [0, 0.1) is 27.2 Å². The van der Waals surface area contributed by atoms with Crippen LogP contribution < -0.4 is 11.4 Å². The molecule has 13 nitrogen and oxygen atoms in total. The van der Waals surface area contributed by atoms with Crippen molar-refractivity contribution >= 4 is 28.4 Å². The number of aromatic nitrogens is 4. The van der Waals surface area contributed by atoms with Gasteiger partial charge in [0.05, 0.1) is 27.2 Å². The van der Waals surface area contributed by atoms with Crippen molar-refractivity contribution < 1.29 is 14.6 Å². The lowest BCUT2D eigenvalue weighted by Gasteiger charge is -2.07. The minimum Gasteiger partial charge on any atom is -0.364 e. The second-order valence-electron chi connectivity index (χ2n) is 6.78. The smallest absolute Gasteiger partial charge is 0.332 e. The van der Waals surface area contributed by atoms with Gasteiger partial charge in [0.15, 0.2) is 17.2 Å². The third-order valence-corrected chi connectivity index (χ3v) is 4.69. The number of hydrogen-bond acceptors (Lipinski definition) is 8. The van der Waals surface area contributed by atoms with Crippen molar-refractivity contribution in [2.75, 3.05) is 0 Å². The Balaban J connectivity index is 2.06. The lowest BCUT2D eigenvalue weighted by Crippen LogP contribution is -2.15. The summed E-state index contributed by atoms with van der Waals surface area (Å²) in [4.78, 5) is 56.4. The summed E-state index contributed by atoms with van der Waals surface area (Å²) in [5, 5.41) is 22.6. The Morgan fingerprint density at radius 2 is 1.75 bits per heavy atom. The Kier molecular flexibility index (Phi) is 4.70. The summed E-state index contributed by atoms with van der Waals surface area (Å²) in [5.41, 5.74) is 4.38. The van der Waals surface area contributed by atoms with Gasteiger partial charge in [-0.15, -0.1) is 0 Å². The highest BCUT2D eigenvalue weighted by atomic mass is 16.6. The second kappa shape index (κ2) is 7.39. The van der Waals surface area contributed by atoms with Gasteiger partial charge in [-0.1, -0.05) is 17.7 Å². The first-order valence-electron chi connectivity index (χ1n) is 9.00. The number of fused-ring (bicyclic) bond motifs is 1. The van der Waals surface area contributed by atoms with Crippen LogP contribution in [-0.2, 0) is 0 Å². The molecule has 0 aliphatic carbocycles. The van der Waals surface area contributed by atoms with E-state index < -0.39 is 32.8 Å². The summed E-state index contributed by atoms with van der Waals surface area (Å²) >= 11 is 0. The van der Waals surface area contributed by atoms with Crippen LogP contribution in [0.3, 0.4) is 0 Å². The SMILES string of the molecule is Cc1ccc(-n2c(=O)[nH]c3c(C(N)=O)nc(-c4ccc([N+](=O)[O-])cc4[N+](=O)[O-])nc32)cc1. The first-order valence-corrected chi connectivity index (χ1v) is 9.00. The Labute approximate surface area is 177 Å². The number of hydrogen-bond donors (Lipinski definition) is 2. The summed E-state index contributed by atoms with van der Waals surface area (Å²) in [6.07, 6.45) is 0. The van der Waals surface area contributed by atoms with Gasteiger partial charge in [0.2, 0.25) is 0 Å². The van der Waals surface area contributed by atoms with Gasteiger partial charge in [-0.05, 0) is 25.1 Å². The highest BCUT2D eigenvalue weighted by Crippen LogP contribution is 2.32. The van der Waals surface area contributed by atoms with Crippen LogP contribution in [0.2, 0.25) is 0 Å². The Morgan fingerprint density at radius 3 is 2.34 bits per heavy atom. The van der Waals surface area contributed by atoms with Gasteiger partial charge in [-0.25, -0.2) is 19.3 Å². The largest absolute Gasteiger partial charge is 0.364 e. The molecule has 0 radical (unpaired) electrons. The number of benzene rings is 2. The molecule has 13 heteroatoms. The molecule has 2 aromatic heterocycles. The van der Waals surface area contributed by atoms with Gasteiger partial charge in [0, 0.05) is 6.07 Å². The van der Waals surface area contributed by atoms with Crippen LogP contribution in [0.5, 0.6) is 0 Å². The van der Waals surface area contributed by atoms with Crippen LogP contribution in [0.4, 0.5) is 11.4 Å². The van der Waals surface area contributed by atoms with Gasteiger partial charge in [0.25, 0.3) is 17.3 Å². The molecule has 0 saturated heterocycles. The predicted molar refractivity (Wildman–Crippen MR) is 111 cm³/mol. The molecule has 0 atom stereocenters. The third kappa shape index (κ3) is 3.32. The van der Waals surface area contributed by atoms with Crippen molar-refractivity contribution in [3.63, 3.8) is 0 Å². The molecule has 4 aromatic rings. The number of amides is 1. The van der Waals surface area contributed by atoms with Crippen molar-refractivity contribution in [2.24, 2.45) is 5.73 Å². The zero-order chi connectivity index (χ0) is 23.2. The monoisotopic (exact) mass is 435 g/mol. The van der Waals surface area contributed by atoms with Crippen molar-refractivity contribution in [3.8, 4) is 17.1 Å². The van der Waals surface area contributed by atoms with E-state index >= 15 is 0 Å². The molecule has 160 valence electrons. The molecule has 2 aromatic carbocycles. The first-order chi connectivity index (χ1) is 15.2. The third-order valence-electron chi connectivity index (χ3n) is 4.69. The molecule has 3 N–H and O–H groups in total. The topological polar surface area (TPSA) is 193 Å². The van der Waals surface area contributed by atoms with Crippen LogP contribution in [0.15, 0.2) is 47.3 Å². The summed E-state index contributed by atoms with van der Waals surface area (Å²) in [6.45, 7) is 1.86. The summed E-state index contributed by atoms with van der Waals surface area (Å²) in [6, 6.07) is 9.75. The van der Waals surface area contributed by atoms with E-state index in [1.807, 2.05) is 6.92 Å². The Morgan fingerprint density at radius 1 is 1.06 bits per heavy atom. The fourth-order valence-electron chi connectivity index (χ4n) is 3.19. The van der Waals surface area contributed by atoms with Gasteiger partial charge >= 0.3 is 5.69 Å². The number of nitro benzene ring substituents is 2. The van der Waals surface area contributed by atoms with E-state index in [0.717, 1.165) is 23.8 Å². The summed E-state index contributed by atoms with van der Waals surface area (Å²) in [5.74, 6) is -1.30. The van der Waals surface area contributed by atoms with Gasteiger partial charge < -0.3 is 10.7 Å². The zero-order valence-electron chi connectivity index (χ0n) is 16.3. The van der Waals surface area contributed by atoms with Gasteiger partial charge in [-0.2, -0.15) is 0 Å². The first kappa shape index (κ1) is 20.3. The number of primary amides is 1. The number of imidazole rings is 1. The van der Waals surface area contributed by atoms with E-state index in [1.54, 1.807) is 24.3 Å². The minimum atomic E-state index is -1.000. The lowest BCUT2D eigenvalue weighted by molar-refractivity contribution is -0.393. The number of aryl methyl sites for hydroxylation is 1. The molecule has 0 aliphatic heterocycles. The molecular formula is C19H13N7O6. The summed E-state index contributed by atoms with van der Waals surface area (Å²) in [7, 11) is 0.